The van der Waals surface area contributed by atoms with E-state index in [4.69, 9.17) is 0 Å². The van der Waals surface area contributed by atoms with Gasteiger partial charge in [0, 0.05) is 30.4 Å². The van der Waals surface area contributed by atoms with Gasteiger partial charge in [-0.05, 0) is 65.7 Å². The Balaban J connectivity index is 1.25. The number of hydrogen-bond donors (Lipinski definition) is 2. The van der Waals surface area contributed by atoms with Crippen molar-refractivity contribution >= 4 is 33.3 Å². The monoisotopic (exact) mass is 600 g/mol. The lowest BCUT2D eigenvalue weighted by Gasteiger charge is -2.35. The van der Waals surface area contributed by atoms with E-state index in [0.29, 0.717) is 11.1 Å². The van der Waals surface area contributed by atoms with Gasteiger partial charge in [0.15, 0.2) is 5.65 Å². The molecule has 212 valence electrons. The molecule has 1 fully saturated rings. The van der Waals surface area contributed by atoms with Gasteiger partial charge in [-0.1, -0.05) is 12.1 Å². The number of nitrogens with one attached hydrogen (secondary N) is 1. The number of β-amino-alcohol motifs (C(OH)–C–C–N with tert-alkyl or cyclic N) is 1. The number of aromatic nitrogens is 4. The maximum Gasteiger partial charge on any atom is 0.446 e. The van der Waals surface area contributed by atoms with Gasteiger partial charge in [0.05, 0.1) is 17.0 Å². The molecule has 5 rings (SSSR count). The smallest absolute Gasteiger partial charge is 0.390 e. The number of pyridine rings is 2. The van der Waals surface area contributed by atoms with Gasteiger partial charge >= 0.3 is 5.51 Å². The van der Waals surface area contributed by atoms with Crippen molar-refractivity contribution in [1.29, 1.82) is 0 Å². The lowest BCUT2D eigenvalue weighted by molar-refractivity contribution is -0.0328. The molecule has 9 nitrogen and oxygen atoms in total. The van der Waals surface area contributed by atoms with Crippen molar-refractivity contribution in [2.75, 3.05) is 18.4 Å². The first-order chi connectivity index (χ1) is 18.9. The van der Waals surface area contributed by atoms with E-state index in [1.807, 2.05) is 0 Å². The van der Waals surface area contributed by atoms with Crippen LogP contribution in [0.15, 0.2) is 70.7 Å². The summed E-state index contributed by atoms with van der Waals surface area (Å²) in [5.74, 6) is -0.242. The first-order valence-corrected chi connectivity index (χ1v) is 14.1. The summed E-state index contributed by atoms with van der Waals surface area (Å²) >= 11 is -0.288. The average Bonchev–Trinajstić information content (AvgIpc) is 3.34. The van der Waals surface area contributed by atoms with Gasteiger partial charge in [0.1, 0.15) is 5.82 Å². The van der Waals surface area contributed by atoms with Crippen molar-refractivity contribution in [2.24, 2.45) is 0 Å². The third kappa shape index (κ3) is 6.04. The molecule has 1 aliphatic rings. The van der Waals surface area contributed by atoms with Crippen LogP contribution < -0.4 is 5.32 Å². The molecule has 2 N–H and O–H groups in total. The molecule has 1 saturated heterocycles. The molecule has 4 aromatic rings. The number of piperidine rings is 1. The Morgan fingerprint density at radius 2 is 1.75 bits per heavy atom. The first kappa shape index (κ1) is 28.2. The molecule has 0 spiro atoms. The topological polar surface area (TPSA) is 113 Å². The zero-order chi connectivity index (χ0) is 28.7. The molecule has 0 radical (unpaired) electrons. The van der Waals surface area contributed by atoms with Gasteiger partial charge in [0.25, 0.3) is 6.43 Å². The summed E-state index contributed by atoms with van der Waals surface area (Å²) in [5, 5.41) is 20.8. The summed E-state index contributed by atoms with van der Waals surface area (Å²) in [7, 11) is -3.96. The molecule has 4 heterocycles. The van der Waals surface area contributed by atoms with E-state index in [1.54, 1.807) is 18.2 Å². The number of hydrogen-bond acceptors (Lipinski definition) is 8. The summed E-state index contributed by atoms with van der Waals surface area (Å²) in [4.78, 5) is 3.86. The van der Waals surface area contributed by atoms with Gasteiger partial charge in [-0.25, -0.2) is 22.2 Å². The zero-order valence-corrected chi connectivity index (χ0v) is 22.0. The number of sulfonamides is 1. The number of alkyl halides is 5. The molecule has 40 heavy (non-hydrogen) atoms. The minimum atomic E-state index is -4.43. The van der Waals surface area contributed by atoms with Crippen LogP contribution in [0.2, 0.25) is 0 Å². The molecule has 0 amide bonds. The van der Waals surface area contributed by atoms with Crippen molar-refractivity contribution < 1.29 is 35.5 Å². The largest absolute Gasteiger partial charge is 0.446 e. The molecule has 3 aromatic heterocycles. The van der Waals surface area contributed by atoms with Crippen LogP contribution in [0.5, 0.6) is 0 Å². The average molecular weight is 601 g/mol. The fraction of sp³-hybridized carbons (Fsp3) is 0.292. The van der Waals surface area contributed by atoms with Crippen molar-refractivity contribution in [3.8, 4) is 11.1 Å². The van der Waals surface area contributed by atoms with Crippen LogP contribution in [0.1, 0.15) is 18.7 Å². The summed E-state index contributed by atoms with van der Waals surface area (Å²) in [5.41, 5.74) is -3.04. The van der Waals surface area contributed by atoms with Crippen LogP contribution in [-0.4, -0.2) is 68.2 Å². The minimum Gasteiger partial charge on any atom is -0.390 e. The Labute approximate surface area is 229 Å². The van der Waals surface area contributed by atoms with Gasteiger partial charge in [-0.2, -0.15) is 17.5 Å². The highest BCUT2D eigenvalue weighted by Gasteiger charge is 2.35. The molecule has 1 aliphatic heterocycles. The number of rotatable bonds is 7. The van der Waals surface area contributed by atoms with E-state index in [-0.39, 0.29) is 52.5 Å². The first-order valence-electron chi connectivity index (χ1n) is 11.8. The summed E-state index contributed by atoms with van der Waals surface area (Å²) < 4.78 is 92.7. The standard InChI is InChI=1S/C24H21F5N6O3S2/c25-22(26)23-33-32-21-8-3-15(12-35(21)23)14-1-5-17(6-2-14)40(37,38)34-10-9-18(19(36)13-34)31-20-7-4-16(11-30-20)39-24(27,28)29/h1-8,11-12,18-19,22,36H,9-10,13H2,(H,30,31)/t18-,19+/m1/s1. The number of halogens is 5. The molecular formula is C24H21F5N6O3S2. The van der Waals surface area contributed by atoms with Crippen LogP contribution in [0.4, 0.5) is 27.8 Å². The fourth-order valence-electron chi connectivity index (χ4n) is 4.34. The number of thioether (sulfide) groups is 1. The Kier molecular flexibility index (Phi) is 7.69. The van der Waals surface area contributed by atoms with Gasteiger partial charge in [-0.3, -0.25) is 4.40 Å². The lowest BCUT2D eigenvalue weighted by Crippen LogP contribution is -2.51. The van der Waals surface area contributed by atoms with E-state index in [2.05, 4.69) is 20.5 Å². The molecular weight excluding hydrogens is 579 g/mol. The maximum atomic E-state index is 13.2. The minimum absolute atomic E-state index is 0.00655. The summed E-state index contributed by atoms with van der Waals surface area (Å²) in [6.45, 7) is -0.119. The highest BCUT2D eigenvalue weighted by molar-refractivity contribution is 8.00. The van der Waals surface area contributed by atoms with Crippen molar-refractivity contribution in [3.05, 3.63) is 66.7 Å². The van der Waals surface area contributed by atoms with Gasteiger partial charge < -0.3 is 10.4 Å². The number of anilines is 1. The number of aliphatic hydroxyl groups excluding tert-OH is 1. The Hall–Kier alpha value is -3.34. The predicted molar refractivity (Wildman–Crippen MR) is 136 cm³/mol. The number of benzene rings is 1. The maximum absolute atomic E-state index is 13.2. The van der Waals surface area contributed by atoms with Crippen LogP contribution in [0.25, 0.3) is 16.8 Å². The molecule has 0 unspecified atom stereocenters. The zero-order valence-electron chi connectivity index (χ0n) is 20.3. The van der Waals surface area contributed by atoms with E-state index in [0.717, 1.165) is 10.5 Å². The molecule has 0 saturated carbocycles. The molecule has 1 aromatic carbocycles. The highest BCUT2D eigenvalue weighted by Crippen LogP contribution is 2.36. The van der Waals surface area contributed by atoms with Gasteiger partial charge in [0.2, 0.25) is 15.8 Å². The molecule has 0 aliphatic carbocycles. The second kappa shape index (κ2) is 10.9. The normalized spacial score (nSPS) is 18.9. The second-order valence-corrected chi connectivity index (χ2v) is 12.0. The third-order valence-electron chi connectivity index (χ3n) is 6.30. The molecule has 16 heteroatoms. The number of fused-ring (bicyclic) bond motifs is 1. The van der Waals surface area contributed by atoms with Crippen LogP contribution in [-0.2, 0) is 10.0 Å². The number of aliphatic hydroxyl groups is 1. The fourth-order valence-corrected chi connectivity index (χ4v) is 6.32. The summed E-state index contributed by atoms with van der Waals surface area (Å²) in [6.07, 6.45) is -1.17. The van der Waals surface area contributed by atoms with Gasteiger partial charge in [-0.15, -0.1) is 10.2 Å². The van der Waals surface area contributed by atoms with E-state index in [1.165, 1.54) is 40.9 Å². The predicted octanol–water partition coefficient (Wildman–Crippen LogP) is 4.58. The van der Waals surface area contributed by atoms with Crippen molar-refractivity contribution in [1.82, 2.24) is 23.9 Å². The van der Waals surface area contributed by atoms with Crippen molar-refractivity contribution in [3.63, 3.8) is 0 Å². The van der Waals surface area contributed by atoms with E-state index in [9.17, 15) is 35.5 Å². The third-order valence-corrected chi connectivity index (χ3v) is 8.89. The van der Waals surface area contributed by atoms with Crippen LogP contribution in [0.3, 0.4) is 0 Å². The van der Waals surface area contributed by atoms with Crippen LogP contribution >= 0.6 is 11.8 Å². The lowest BCUT2D eigenvalue weighted by atomic mass is 10.0. The SMILES string of the molecule is O=S(=O)(c1ccc(-c2ccc3nnc(C(F)F)n3c2)cc1)N1CC[C@@H](Nc2ccc(SC(F)(F)F)cn2)[C@@H](O)C1. The number of nitrogens with zero attached hydrogens (tertiary/aromatic N) is 5. The van der Waals surface area contributed by atoms with E-state index < -0.39 is 39.9 Å². The second-order valence-electron chi connectivity index (χ2n) is 8.93. The quantitative estimate of drug-likeness (QED) is 0.234. The van der Waals surface area contributed by atoms with Crippen LogP contribution in [0, 0.1) is 0 Å². The Bertz CT molecular complexity index is 1600. The molecule has 2 atom stereocenters. The van der Waals surface area contributed by atoms with E-state index >= 15 is 0 Å². The summed E-state index contributed by atoms with van der Waals surface area (Å²) in [6, 6.07) is 11.2. The molecule has 0 bridgehead atoms. The highest BCUT2D eigenvalue weighted by atomic mass is 32.2. The Morgan fingerprint density at radius 1 is 1.02 bits per heavy atom. The van der Waals surface area contributed by atoms with Crippen molar-refractivity contribution in [2.45, 2.75) is 40.3 Å². The Morgan fingerprint density at radius 3 is 2.38 bits per heavy atom.